The highest BCUT2D eigenvalue weighted by molar-refractivity contribution is 6.35. The molecule has 1 aliphatic heterocycles. The van der Waals surface area contributed by atoms with E-state index in [-0.39, 0.29) is 17.1 Å². The Hall–Kier alpha value is -1.40. The number of hydrogen-bond acceptors (Lipinski definition) is 2. The van der Waals surface area contributed by atoms with Crippen LogP contribution >= 0.6 is 23.2 Å². The molecule has 2 amide bonds. The van der Waals surface area contributed by atoms with Crippen molar-refractivity contribution < 1.29 is 18.4 Å². The number of hydrogen-bond donors (Lipinski definition) is 0. The van der Waals surface area contributed by atoms with Crippen molar-refractivity contribution in [1.29, 1.82) is 0 Å². The molecule has 1 aliphatic rings. The lowest BCUT2D eigenvalue weighted by molar-refractivity contribution is -0.137. The highest BCUT2D eigenvalue weighted by Gasteiger charge is 2.37. The predicted molar refractivity (Wildman–Crippen MR) is 93.4 cm³/mol. The standard InChI is InChI=1S/C17H20Cl2F2N2O2/c1-2-7-22(10-15(20)21)17(25)14-4-3-8-23(14)16(24)12-9-11(18)5-6-13(12)19/h5-6,9,14-15H,2-4,7-8,10H2,1H3. The minimum Gasteiger partial charge on any atom is -0.335 e. The van der Waals surface area contributed by atoms with Gasteiger partial charge < -0.3 is 9.80 Å². The summed E-state index contributed by atoms with van der Waals surface area (Å²) in [7, 11) is 0. The van der Waals surface area contributed by atoms with E-state index in [4.69, 9.17) is 23.2 Å². The van der Waals surface area contributed by atoms with E-state index in [0.717, 1.165) is 4.90 Å². The minimum atomic E-state index is -2.61. The Morgan fingerprint density at radius 2 is 2.08 bits per heavy atom. The van der Waals surface area contributed by atoms with Crippen LogP contribution in [0.25, 0.3) is 0 Å². The molecule has 0 saturated carbocycles. The van der Waals surface area contributed by atoms with Gasteiger partial charge in [-0.1, -0.05) is 30.1 Å². The highest BCUT2D eigenvalue weighted by atomic mass is 35.5. The molecular weight excluding hydrogens is 373 g/mol. The first-order valence-corrected chi connectivity index (χ1v) is 8.93. The second kappa shape index (κ2) is 8.81. The quantitative estimate of drug-likeness (QED) is 0.730. The minimum absolute atomic E-state index is 0.213. The Kier molecular flexibility index (Phi) is 7.02. The van der Waals surface area contributed by atoms with Crippen LogP contribution in [-0.2, 0) is 4.79 Å². The van der Waals surface area contributed by atoms with E-state index in [1.807, 2.05) is 6.92 Å². The number of amides is 2. The number of carbonyl (C=O) groups is 2. The Labute approximate surface area is 155 Å². The highest BCUT2D eigenvalue weighted by Crippen LogP contribution is 2.27. The van der Waals surface area contributed by atoms with Crippen LogP contribution in [-0.4, -0.2) is 53.7 Å². The molecule has 2 rings (SSSR count). The molecule has 1 heterocycles. The van der Waals surface area contributed by atoms with Gasteiger partial charge in [0.15, 0.2) is 0 Å². The predicted octanol–water partition coefficient (Wildman–Crippen LogP) is 4.10. The van der Waals surface area contributed by atoms with Crippen molar-refractivity contribution in [3.05, 3.63) is 33.8 Å². The number of benzene rings is 1. The van der Waals surface area contributed by atoms with Crippen molar-refractivity contribution in [3.63, 3.8) is 0 Å². The van der Waals surface area contributed by atoms with Gasteiger partial charge in [0.1, 0.15) is 6.04 Å². The zero-order valence-corrected chi connectivity index (χ0v) is 15.4. The first kappa shape index (κ1) is 19.9. The van der Waals surface area contributed by atoms with E-state index < -0.39 is 30.8 Å². The number of halogens is 4. The van der Waals surface area contributed by atoms with Crippen LogP contribution in [0.2, 0.25) is 10.0 Å². The molecule has 1 saturated heterocycles. The van der Waals surface area contributed by atoms with Crippen molar-refractivity contribution in [2.45, 2.75) is 38.7 Å². The summed E-state index contributed by atoms with van der Waals surface area (Å²) in [6.07, 6.45) is -0.955. The first-order chi connectivity index (χ1) is 11.8. The zero-order valence-electron chi connectivity index (χ0n) is 13.9. The fraction of sp³-hybridized carbons (Fsp3) is 0.529. The second-order valence-corrected chi connectivity index (χ2v) is 6.80. The maximum absolute atomic E-state index is 12.8. The number of rotatable bonds is 6. The van der Waals surface area contributed by atoms with Crippen molar-refractivity contribution >= 4 is 35.0 Å². The summed E-state index contributed by atoms with van der Waals surface area (Å²) in [6, 6.07) is 3.80. The Balaban J connectivity index is 2.22. The third kappa shape index (κ3) is 4.82. The number of carbonyl (C=O) groups excluding carboxylic acids is 2. The summed E-state index contributed by atoms with van der Waals surface area (Å²) >= 11 is 12.0. The number of likely N-dealkylation sites (tertiary alicyclic amines) is 1. The smallest absolute Gasteiger partial charge is 0.256 e. The molecule has 0 aromatic heterocycles. The molecule has 1 fully saturated rings. The van der Waals surface area contributed by atoms with Gasteiger partial charge in [-0.25, -0.2) is 8.78 Å². The average Bonchev–Trinajstić information content (AvgIpc) is 3.04. The van der Waals surface area contributed by atoms with Gasteiger partial charge >= 0.3 is 0 Å². The summed E-state index contributed by atoms with van der Waals surface area (Å²) < 4.78 is 25.5. The Bertz CT molecular complexity index is 643. The zero-order chi connectivity index (χ0) is 18.6. The van der Waals surface area contributed by atoms with Crippen LogP contribution in [0.5, 0.6) is 0 Å². The average molecular weight is 393 g/mol. The van der Waals surface area contributed by atoms with E-state index in [9.17, 15) is 18.4 Å². The van der Waals surface area contributed by atoms with E-state index in [1.54, 1.807) is 6.07 Å². The van der Waals surface area contributed by atoms with Gasteiger partial charge in [-0.15, -0.1) is 0 Å². The van der Waals surface area contributed by atoms with Crippen LogP contribution in [0, 0.1) is 0 Å². The topological polar surface area (TPSA) is 40.6 Å². The molecule has 1 atom stereocenters. The van der Waals surface area contributed by atoms with E-state index in [0.29, 0.717) is 30.8 Å². The maximum Gasteiger partial charge on any atom is 0.256 e. The van der Waals surface area contributed by atoms with Crippen molar-refractivity contribution in [2.24, 2.45) is 0 Å². The first-order valence-electron chi connectivity index (χ1n) is 8.18. The van der Waals surface area contributed by atoms with Gasteiger partial charge in [-0.3, -0.25) is 9.59 Å². The van der Waals surface area contributed by atoms with Gasteiger partial charge in [0.25, 0.3) is 12.3 Å². The van der Waals surface area contributed by atoms with Gasteiger partial charge in [0.2, 0.25) is 5.91 Å². The molecule has 1 unspecified atom stereocenters. The van der Waals surface area contributed by atoms with Gasteiger partial charge in [-0.2, -0.15) is 0 Å². The third-order valence-electron chi connectivity index (χ3n) is 4.12. The van der Waals surface area contributed by atoms with Gasteiger partial charge in [0, 0.05) is 18.1 Å². The summed E-state index contributed by atoms with van der Waals surface area (Å²) in [6.45, 7) is 1.81. The van der Waals surface area contributed by atoms with Crippen LogP contribution in [0.15, 0.2) is 18.2 Å². The fourth-order valence-corrected chi connectivity index (χ4v) is 3.39. The lowest BCUT2D eigenvalue weighted by Gasteiger charge is -2.30. The van der Waals surface area contributed by atoms with Crippen molar-refractivity contribution in [2.75, 3.05) is 19.6 Å². The largest absolute Gasteiger partial charge is 0.335 e. The lowest BCUT2D eigenvalue weighted by atomic mass is 10.1. The Morgan fingerprint density at radius 3 is 2.72 bits per heavy atom. The SMILES string of the molecule is CCCN(CC(F)F)C(=O)C1CCCN1C(=O)c1cc(Cl)ccc1Cl. The molecule has 1 aromatic carbocycles. The monoisotopic (exact) mass is 392 g/mol. The molecule has 25 heavy (non-hydrogen) atoms. The number of alkyl halides is 2. The van der Waals surface area contributed by atoms with Crippen molar-refractivity contribution in [1.82, 2.24) is 9.80 Å². The van der Waals surface area contributed by atoms with Crippen LogP contribution in [0.3, 0.4) is 0 Å². The lowest BCUT2D eigenvalue weighted by Crippen LogP contribution is -2.49. The normalized spacial score (nSPS) is 17.2. The van der Waals surface area contributed by atoms with Crippen LogP contribution in [0.4, 0.5) is 8.78 Å². The molecule has 138 valence electrons. The van der Waals surface area contributed by atoms with E-state index in [1.165, 1.54) is 17.0 Å². The van der Waals surface area contributed by atoms with E-state index >= 15 is 0 Å². The third-order valence-corrected chi connectivity index (χ3v) is 4.69. The fourth-order valence-electron chi connectivity index (χ4n) is 3.02. The summed E-state index contributed by atoms with van der Waals surface area (Å²) in [5.74, 6) is -0.844. The summed E-state index contributed by atoms with van der Waals surface area (Å²) in [4.78, 5) is 28.1. The molecule has 8 heteroatoms. The van der Waals surface area contributed by atoms with Crippen LogP contribution < -0.4 is 0 Å². The van der Waals surface area contributed by atoms with Gasteiger partial charge in [-0.05, 0) is 37.5 Å². The summed E-state index contributed by atoms with van der Waals surface area (Å²) in [5.41, 5.74) is 0.213. The molecular formula is C17H20Cl2F2N2O2. The van der Waals surface area contributed by atoms with Crippen molar-refractivity contribution in [3.8, 4) is 0 Å². The van der Waals surface area contributed by atoms with E-state index in [2.05, 4.69) is 0 Å². The molecule has 0 aliphatic carbocycles. The summed E-state index contributed by atoms with van der Waals surface area (Å²) in [5, 5.41) is 0.602. The molecule has 0 spiro atoms. The molecule has 1 aromatic rings. The molecule has 0 N–H and O–H groups in total. The number of nitrogens with zero attached hydrogens (tertiary/aromatic N) is 2. The van der Waals surface area contributed by atoms with Gasteiger partial charge in [0.05, 0.1) is 17.1 Å². The second-order valence-electron chi connectivity index (χ2n) is 5.96. The maximum atomic E-state index is 12.8. The Morgan fingerprint density at radius 1 is 1.36 bits per heavy atom. The molecule has 0 radical (unpaired) electrons. The van der Waals surface area contributed by atoms with Crippen LogP contribution in [0.1, 0.15) is 36.5 Å². The molecule has 0 bridgehead atoms. The molecule has 4 nitrogen and oxygen atoms in total.